The monoisotopic (exact) mass is 369 g/mol. The Kier molecular flexibility index (Phi) is 8.97. The van der Waals surface area contributed by atoms with Crippen LogP contribution in [-0.2, 0) is 6.54 Å². The summed E-state index contributed by atoms with van der Waals surface area (Å²) in [7, 11) is 0. The molecule has 96 valence electrons. The lowest BCUT2D eigenvalue weighted by atomic mass is 10.3. The van der Waals surface area contributed by atoms with Crippen molar-refractivity contribution < 1.29 is 4.42 Å². The van der Waals surface area contributed by atoms with Gasteiger partial charge in [-0.2, -0.15) is 0 Å². The van der Waals surface area contributed by atoms with Crippen LogP contribution in [0.3, 0.4) is 0 Å². The van der Waals surface area contributed by atoms with Crippen molar-refractivity contribution in [3.8, 4) is 0 Å². The normalized spacial score (nSPS) is 10.6. The van der Waals surface area contributed by atoms with Crippen molar-refractivity contribution in [3.63, 3.8) is 0 Å². The van der Waals surface area contributed by atoms with Crippen molar-refractivity contribution in [2.24, 2.45) is 4.99 Å². The van der Waals surface area contributed by atoms with E-state index in [-0.39, 0.29) is 24.0 Å². The zero-order valence-corrected chi connectivity index (χ0v) is 12.8. The molecule has 0 unspecified atom stereocenters. The third-order valence-electron chi connectivity index (χ3n) is 1.79. The molecule has 1 rings (SSSR count). The standard InChI is InChI=1S/C11H16ClN3O.HI/c1-3-13-11(14-6-9(2)12)15-7-10-4-5-16-8-10;/h4-5,8H,2-3,6-7H2,1H3,(H2,13,14,15);1H. The Morgan fingerprint density at radius 3 is 2.82 bits per heavy atom. The summed E-state index contributed by atoms with van der Waals surface area (Å²) < 4.78 is 4.96. The fourth-order valence-corrected chi connectivity index (χ4v) is 1.14. The molecule has 0 saturated carbocycles. The first-order chi connectivity index (χ1) is 7.72. The summed E-state index contributed by atoms with van der Waals surface area (Å²) in [6.45, 7) is 7.47. The Bertz CT molecular complexity index is 352. The van der Waals surface area contributed by atoms with E-state index in [1.807, 2.05) is 13.0 Å². The van der Waals surface area contributed by atoms with Gasteiger partial charge in [0, 0.05) is 17.1 Å². The first-order valence-electron chi connectivity index (χ1n) is 5.09. The van der Waals surface area contributed by atoms with E-state index in [9.17, 15) is 0 Å². The highest BCUT2D eigenvalue weighted by Crippen LogP contribution is 2.01. The van der Waals surface area contributed by atoms with E-state index in [0.717, 1.165) is 12.1 Å². The minimum absolute atomic E-state index is 0. The Hall–Kier alpha value is -0.690. The molecule has 0 aliphatic carbocycles. The molecule has 0 aromatic carbocycles. The van der Waals surface area contributed by atoms with Crippen LogP contribution in [-0.4, -0.2) is 19.0 Å². The van der Waals surface area contributed by atoms with Crippen molar-refractivity contribution in [1.29, 1.82) is 0 Å². The van der Waals surface area contributed by atoms with Crippen LogP contribution in [0.4, 0.5) is 0 Å². The number of nitrogens with one attached hydrogen (secondary N) is 2. The van der Waals surface area contributed by atoms with Gasteiger partial charge in [0.25, 0.3) is 0 Å². The first-order valence-corrected chi connectivity index (χ1v) is 5.46. The van der Waals surface area contributed by atoms with E-state index in [4.69, 9.17) is 16.0 Å². The number of rotatable bonds is 5. The van der Waals surface area contributed by atoms with Gasteiger partial charge >= 0.3 is 0 Å². The first kappa shape index (κ1) is 16.3. The van der Waals surface area contributed by atoms with Gasteiger partial charge in [-0.05, 0) is 13.0 Å². The molecule has 6 heteroatoms. The smallest absolute Gasteiger partial charge is 0.191 e. The molecule has 2 N–H and O–H groups in total. The van der Waals surface area contributed by atoms with E-state index in [2.05, 4.69) is 22.2 Å². The van der Waals surface area contributed by atoms with E-state index in [0.29, 0.717) is 24.1 Å². The number of aliphatic imine (C=N–C) groups is 1. The molecule has 0 aliphatic heterocycles. The molecule has 4 nitrogen and oxygen atoms in total. The highest BCUT2D eigenvalue weighted by atomic mass is 127. The molecule has 1 heterocycles. The fourth-order valence-electron chi connectivity index (χ4n) is 1.07. The largest absolute Gasteiger partial charge is 0.472 e. The molecule has 1 aromatic heterocycles. The Morgan fingerprint density at radius 1 is 1.53 bits per heavy atom. The maximum absolute atomic E-state index is 5.67. The van der Waals surface area contributed by atoms with E-state index in [1.54, 1.807) is 12.5 Å². The second-order valence-electron chi connectivity index (χ2n) is 3.20. The zero-order valence-electron chi connectivity index (χ0n) is 9.70. The summed E-state index contributed by atoms with van der Waals surface area (Å²) in [5.41, 5.74) is 1.03. The topological polar surface area (TPSA) is 49.6 Å². The average Bonchev–Trinajstić information content (AvgIpc) is 2.75. The molecule has 17 heavy (non-hydrogen) atoms. The van der Waals surface area contributed by atoms with E-state index in [1.165, 1.54) is 0 Å². The highest BCUT2D eigenvalue weighted by molar-refractivity contribution is 14.0. The Labute approximate surface area is 124 Å². The van der Waals surface area contributed by atoms with Gasteiger partial charge in [-0.3, -0.25) is 0 Å². The third-order valence-corrected chi connectivity index (χ3v) is 1.93. The van der Waals surface area contributed by atoms with Crippen LogP contribution < -0.4 is 10.6 Å². The van der Waals surface area contributed by atoms with Gasteiger partial charge in [-0.1, -0.05) is 18.2 Å². The van der Waals surface area contributed by atoms with Crippen LogP contribution in [0.25, 0.3) is 0 Å². The summed E-state index contributed by atoms with van der Waals surface area (Å²) in [4.78, 5) is 4.36. The summed E-state index contributed by atoms with van der Waals surface area (Å²) in [5.74, 6) is 0.713. The molecule has 0 amide bonds. The summed E-state index contributed by atoms with van der Waals surface area (Å²) in [5, 5.41) is 6.72. The second kappa shape index (κ2) is 9.35. The molecule has 0 radical (unpaired) electrons. The third kappa shape index (κ3) is 7.27. The fraction of sp³-hybridized carbons (Fsp3) is 0.364. The molecule has 0 spiro atoms. The molecular weight excluding hydrogens is 352 g/mol. The number of furan rings is 1. The average molecular weight is 370 g/mol. The number of hydrogen-bond acceptors (Lipinski definition) is 2. The van der Waals surface area contributed by atoms with Crippen molar-refractivity contribution >= 4 is 41.5 Å². The zero-order chi connectivity index (χ0) is 11.8. The Balaban J connectivity index is 0.00000256. The molecule has 0 saturated heterocycles. The quantitative estimate of drug-likeness (QED) is 0.477. The number of hydrogen-bond donors (Lipinski definition) is 2. The van der Waals surface area contributed by atoms with Gasteiger partial charge in [0.2, 0.25) is 0 Å². The summed E-state index contributed by atoms with van der Waals surface area (Å²) in [6.07, 6.45) is 3.30. The Morgan fingerprint density at radius 2 is 2.29 bits per heavy atom. The lowest BCUT2D eigenvalue weighted by molar-refractivity contribution is 0.564. The summed E-state index contributed by atoms with van der Waals surface area (Å²) in [6, 6.07) is 1.88. The van der Waals surface area contributed by atoms with Crippen molar-refractivity contribution in [1.82, 2.24) is 10.6 Å². The lowest BCUT2D eigenvalue weighted by Crippen LogP contribution is -2.37. The molecule has 1 aromatic rings. The van der Waals surface area contributed by atoms with Crippen LogP contribution in [0.5, 0.6) is 0 Å². The van der Waals surface area contributed by atoms with E-state index < -0.39 is 0 Å². The molecule has 0 fully saturated rings. The number of halogens is 2. The van der Waals surface area contributed by atoms with Crippen LogP contribution in [0, 0.1) is 0 Å². The molecule has 0 bridgehead atoms. The van der Waals surface area contributed by atoms with Crippen LogP contribution >= 0.6 is 35.6 Å². The SMILES string of the molecule is C=C(Cl)CNC(=NCc1ccoc1)NCC.I. The maximum Gasteiger partial charge on any atom is 0.191 e. The summed E-state index contributed by atoms with van der Waals surface area (Å²) >= 11 is 5.67. The highest BCUT2D eigenvalue weighted by Gasteiger charge is 1.98. The maximum atomic E-state index is 5.67. The van der Waals surface area contributed by atoms with Gasteiger partial charge in [0.15, 0.2) is 5.96 Å². The van der Waals surface area contributed by atoms with Crippen molar-refractivity contribution in [2.75, 3.05) is 13.1 Å². The molecule has 0 aliphatic rings. The van der Waals surface area contributed by atoms with Gasteiger partial charge in [0.1, 0.15) is 0 Å². The van der Waals surface area contributed by atoms with Crippen molar-refractivity contribution in [3.05, 3.63) is 35.8 Å². The number of guanidine groups is 1. The van der Waals surface area contributed by atoms with Crippen molar-refractivity contribution in [2.45, 2.75) is 13.5 Å². The second-order valence-corrected chi connectivity index (χ2v) is 3.73. The van der Waals surface area contributed by atoms with Crippen LogP contribution in [0.15, 0.2) is 39.6 Å². The van der Waals surface area contributed by atoms with Gasteiger partial charge < -0.3 is 15.1 Å². The van der Waals surface area contributed by atoms with Crippen LogP contribution in [0.1, 0.15) is 12.5 Å². The van der Waals surface area contributed by atoms with E-state index >= 15 is 0 Å². The minimum Gasteiger partial charge on any atom is -0.472 e. The predicted molar refractivity (Wildman–Crippen MR) is 81.9 cm³/mol. The van der Waals surface area contributed by atoms with Gasteiger partial charge in [0.05, 0.1) is 25.6 Å². The van der Waals surface area contributed by atoms with Gasteiger partial charge in [-0.25, -0.2) is 4.99 Å². The van der Waals surface area contributed by atoms with Gasteiger partial charge in [-0.15, -0.1) is 24.0 Å². The lowest BCUT2D eigenvalue weighted by Gasteiger charge is -2.09. The van der Waals surface area contributed by atoms with Crippen LogP contribution in [0.2, 0.25) is 0 Å². The predicted octanol–water partition coefficient (Wildman–Crippen LogP) is 2.71. The molecular formula is C11H17ClIN3O. The number of nitrogens with zero attached hydrogens (tertiary/aromatic N) is 1. The molecule has 0 atom stereocenters. The minimum atomic E-state index is 0.